The summed E-state index contributed by atoms with van der Waals surface area (Å²) >= 11 is 0. The second-order valence-corrected chi connectivity index (χ2v) is 5.49. The highest BCUT2D eigenvalue weighted by molar-refractivity contribution is 5.96. The summed E-state index contributed by atoms with van der Waals surface area (Å²) in [5.41, 5.74) is 0. The Morgan fingerprint density at radius 2 is 2.17 bits per heavy atom. The molecule has 1 atom stereocenters. The van der Waals surface area contributed by atoms with Gasteiger partial charge in [0.1, 0.15) is 24.2 Å². The molecule has 2 rings (SSSR count). The number of rotatable bonds is 5. The zero-order valence-electron chi connectivity index (χ0n) is 13.8. The summed E-state index contributed by atoms with van der Waals surface area (Å²) in [5.74, 6) is 0.837. The maximum Gasteiger partial charge on any atom is 0.252 e. The Balaban J connectivity index is 2.02. The molecule has 1 aromatic rings. The van der Waals surface area contributed by atoms with Gasteiger partial charge in [-0.3, -0.25) is 14.5 Å². The topological polar surface area (TPSA) is 72.0 Å². The molecule has 126 valence electrons. The van der Waals surface area contributed by atoms with Crippen molar-refractivity contribution in [1.29, 1.82) is 0 Å². The number of hydrogen-bond acceptors (Lipinski definition) is 5. The van der Waals surface area contributed by atoms with Gasteiger partial charge in [-0.1, -0.05) is 0 Å². The summed E-state index contributed by atoms with van der Waals surface area (Å²) in [5, 5.41) is 0. The number of carbonyl (C=O) groups is 2. The van der Waals surface area contributed by atoms with E-state index in [2.05, 4.69) is 4.98 Å². The molecule has 2 heterocycles. The monoisotopic (exact) mass is 321 g/mol. The first-order valence-electron chi connectivity index (χ1n) is 7.65. The molecular formula is C16H23N3O4. The van der Waals surface area contributed by atoms with Crippen LogP contribution in [0.25, 0.3) is 0 Å². The number of hydrogen-bond donors (Lipinski definition) is 0. The van der Waals surface area contributed by atoms with E-state index in [1.165, 1.54) is 12.0 Å². The van der Waals surface area contributed by atoms with Crippen LogP contribution in [0.5, 0.6) is 5.75 Å². The highest BCUT2D eigenvalue weighted by Crippen LogP contribution is 2.17. The number of nitrogens with zero attached hydrogens (tertiary/aromatic N) is 3. The first-order chi connectivity index (χ1) is 11.1. The number of amides is 2. The van der Waals surface area contributed by atoms with E-state index in [1.807, 2.05) is 0 Å². The van der Waals surface area contributed by atoms with Crippen LogP contribution in [0.4, 0.5) is 5.82 Å². The summed E-state index contributed by atoms with van der Waals surface area (Å²) in [6, 6.07) is 3.45. The van der Waals surface area contributed by atoms with Crippen LogP contribution in [0.15, 0.2) is 18.3 Å². The lowest BCUT2D eigenvalue weighted by Crippen LogP contribution is -2.45. The van der Waals surface area contributed by atoms with E-state index >= 15 is 0 Å². The minimum absolute atomic E-state index is 0.0307. The maximum absolute atomic E-state index is 12.4. The fourth-order valence-corrected chi connectivity index (χ4v) is 2.53. The second-order valence-electron chi connectivity index (χ2n) is 5.49. The van der Waals surface area contributed by atoms with E-state index in [9.17, 15) is 9.59 Å². The fourth-order valence-electron chi connectivity index (χ4n) is 2.53. The molecule has 0 bridgehead atoms. The van der Waals surface area contributed by atoms with Crippen LogP contribution in [0.3, 0.4) is 0 Å². The summed E-state index contributed by atoms with van der Waals surface area (Å²) in [6.07, 6.45) is 3.61. The molecule has 0 saturated carbocycles. The lowest BCUT2D eigenvalue weighted by molar-refractivity contribution is -0.143. The molecule has 1 aliphatic heterocycles. The Morgan fingerprint density at radius 1 is 1.39 bits per heavy atom. The summed E-state index contributed by atoms with van der Waals surface area (Å²) in [7, 11) is 4.73. The molecule has 1 saturated heterocycles. The van der Waals surface area contributed by atoms with E-state index < -0.39 is 6.10 Å². The van der Waals surface area contributed by atoms with Gasteiger partial charge in [-0.15, -0.1) is 0 Å². The van der Waals surface area contributed by atoms with Crippen molar-refractivity contribution in [2.45, 2.75) is 25.4 Å². The first kappa shape index (κ1) is 17.2. The molecule has 0 N–H and O–H groups in total. The Morgan fingerprint density at radius 3 is 2.78 bits per heavy atom. The average molecular weight is 321 g/mol. The van der Waals surface area contributed by atoms with Crippen molar-refractivity contribution >= 4 is 17.6 Å². The maximum atomic E-state index is 12.4. The molecule has 0 aromatic carbocycles. The number of pyridine rings is 1. The van der Waals surface area contributed by atoms with Crippen molar-refractivity contribution in [3.05, 3.63) is 18.3 Å². The van der Waals surface area contributed by atoms with E-state index in [0.717, 1.165) is 12.8 Å². The predicted octanol–water partition coefficient (Wildman–Crippen LogP) is 1.08. The molecule has 1 fully saturated rings. The molecule has 0 aliphatic carbocycles. The average Bonchev–Trinajstić information content (AvgIpc) is 2.76. The van der Waals surface area contributed by atoms with Crippen LogP contribution in [0.2, 0.25) is 0 Å². The smallest absolute Gasteiger partial charge is 0.252 e. The van der Waals surface area contributed by atoms with E-state index in [0.29, 0.717) is 24.5 Å². The SMILES string of the molecule is COc1ccc(N(C)C(=O)CN2CCCCC(OC)C2=O)nc1. The normalized spacial score (nSPS) is 18.5. The van der Waals surface area contributed by atoms with Gasteiger partial charge in [0.05, 0.1) is 13.3 Å². The van der Waals surface area contributed by atoms with Crippen LogP contribution in [0, 0.1) is 0 Å². The van der Waals surface area contributed by atoms with Crippen molar-refractivity contribution < 1.29 is 19.1 Å². The van der Waals surface area contributed by atoms with Crippen molar-refractivity contribution in [1.82, 2.24) is 9.88 Å². The number of ether oxygens (including phenoxy) is 2. The Hall–Kier alpha value is -2.15. The van der Waals surface area contributed by atoms with Gasteiger partial charge < -0.3 is 14.4 Å². The van der Waals surface area contributed by atoms with Gasteiger partial charge >= 0.3 is 0 Å². The molecule has 1 aromatic heterocycles. The van der Waals surface area contributed by atoms with Crippen LogP contribution in [-0.4, -0.2) is 62.2 Å². The number of methoxy groups -OCH3 is 2. The first-order valence-corrected chi connectivity index (χ1v) is 7.65. The zero-order chi connectivity index (χ0) is 16.8. The van der Waals surface area contributed by atoms with Gasteiger partial charge in [-0.2, -0.15) is 0 Å². The van der Waals surface area contributed by atoms with Gasteiger partial charge in [-0.25, -0.2) is 4.98 Å². The molecular weight excluding hydrogens is 298 g/mol. The minimum atomic E-state index is -0.449. The third-order valence-corrected chi connectivity index (χ3v) is 4.02. The molecule has 23 heavy (non-hydrogen) atoms. The van der Waals surface area contributed by atoms with Gasteiger partial charge in [0, 0.05) is 20.7 Å². The summed E-state index contributed by atoms with van der Waals surface area (Å²) in [4.78, 5) is 32.0. The highest BCUT2D eigenvalue weighted by atomic mass is 16.5. The van der Waals surface area contributed by atoms with Gasteiger partial charge in [0.15, 0.2) is 0 Å². The summed E-state index contributed by atoms with van der Waals surface area (Å²) < 4.78 is 10.3. The highest BCUT2D eigenvalue weighted by Gasteiger charge is 2.29. The van der Waals surface area contributed by atoms with Gasteiger partial charge in [0.25, 0.3) is 5.91 Å². The zero-order valence-corrected chi connectivity index (χ0v) is 13.8. The number of anilines is 1. The van der Waals surface area contributed by atoms with E-state index in [1.54, 1.807) is 37.4 Å². The third kappa shape index (κ3) is 4.19. The van der Waals surface area contributed by atoms with Crippen molar-refractivity contribution in [3.63, 3.8) is 0 Å². The van der Waals surface area contributed by atoms with Crippen LogP contribution in [0.1, 0.15) is 19.3 Å². The van der Waals surface area contributed by atoms with Crippen LogP contribution >= 0.6 is 0 Å². The van der Waals surface area contributed by atoms with Crippen LogP contribution in [-0.2, 0) is 14.3 Å². The van der Waals surface area contributed by atoms with Crippen molar-refractivity contribution in [2.24, 2.45) is 0 Å². The molecule has 1 aliphatic rings. The molecule has 2 amide bonds. The van der Waals surface area contributed by atoms with E-state index in [4.69, 9.17) is 9.47 Å². The molecule has 7 nitrogen and oxygen atoms in total. The van der Waals surface area contributed by atoms with E-state index in [-0.39, 0.29) is 18.4 Å². The predicted molar refractivity (Wildman–Crippen MR) is 85.4 cm³/mol. The Labute approximate surface area is 136 Å². The second kappa shape index (κ2) is 7.92. The number of aromatic nitrogens is 1. The third-order valence-electron chi connectivity index (χ3n) is 4.02. The summed E-state index contributed by atoms with van der Waals surface area (Å²) in [6.45, 7) is 0.608. The lowest BCUT2D eigenvalue weighted by Gasteiger charge is -2.25. The Bertz CT molecular complexity index is 547. The largest absolute Gasteiger partial charge is 0.495 e. The number of carbonyl (C=O) groups excluding carboxylic acids is 2. The lowest BCUT2D eigenvalue weighted by atomic mass is 10.2. The molecule has 1 unspecified atom stereocenters. The molecule has 0 spiro atoms. The Kier molecular flexibility index (Phi) is 5.92. The van der Waals surface area contributed by atoms with Gasteiger partial charge in [0.2, 0.25) is 5.91 Å². The van der Waals surface area contributed by atoms with Crippen molar-refractivity contribution in [2.75, 3.05) is 39.3 Å². The fraction of sp³-hybridized carbons (Fsp3) is 0.562. The standard InChI is InChI=1S/C16H23N3O4/c1-18(14-8-7-12(22-2)10-17-14)15(20)11-19-9-5-4-6-13(23-3)16(19)21/h7-8,10,13H,4-6,9,11H2,1-3H3. The number of likely N-dealkylation sites (N-methyl/N-ethyl adjacent to an activating group) is 1. The van der Waals surface area contributed by atoms with Gasteiger partial charge in [-0.05, 0) is 31.4 Å². The molecule has 0 radical (unpaired) electrons. The quantitative estimate of drug-likeness (QED) is 0.811. The van der Waals surface area contributed by atoms with Crippen molar-refractivity contribution in [3.8, 4) is 5.75 Å². The molecule has 7 heteroatoms. The number of likely N-dealkylation sites (tertiary alicyclic amines) is 1. The van der Waals surface area contributed by atoms with Crippen LogP contribution < -0.4 is 9.64 Å². The minimum Gasteiger partial charge on any atom is -0.495 e.